The van der Waals surface area contributed by atoms with E-state index in [4.69, 9.17) is 11.5 Å². The van der Waals surface area contributed by atoms with Gasteiger partial charge in [-0.05, 0) is 43.7 Å². The Labute approximate surface area is 166 Å². The van der Waals surface area contributed by atoms with E-state index in [0.717, 1.165) is 18.4 Å². The molecule has 1 amide bonds. The third kappa shape index (κ3) is 3.60. The van der Waals surface area contributed by atoms with E-state index in [0.29, 0.717) is 24.9 Å². The molecule has 1 unspecified atom stereocenters. The number of phenols is 1. The predicted octanol–water partition coefficient (Wildman–Crippen LogP) is 2.04. The number of aromatic hydroxyl groups is 1. The number of carbonyl (C=O) groups is 1. The topological polar surface area (TPSA) is 130 Å². The van der Waals surface area contributed by atoms with Crippen LogP contribution in [0.15, 0.2) is 36.9 Å². The predicted molar refractivity (Wildman–Crippen MR) is 110 cm³/mol. The van der Waals surface area contributed by atoms with Gasteiger partial charge in [0.1, 0.15) is 5.75 Å². The first-order valence-corrected chi connectivity index (χ1v) is 9.68. The zero-order valence-electron chi connectivity index (χ0n) is 16.7. The average Bonchev–Trinajstić information content (AvgIpc) is 2.64. The number of carbonyl (C=O) groups excluding carboxylic acids is 1. The molecule has 0 heterocycles. The summed E-state index contributed by atoms with van der Waals surface area (Å²) >= 11 is 0. The number of primary amides is 1. The number of aryl methyl sites for hydroxylation is 1. The Kier molecular flexibility index (Phi) is 6.70. The van der Waals surface area contributed by atoms with E-state index in [-0.39, 0.29) is 17.2 Å². The number of hydrogen-bond acceptors (Lipinski definition) is 5. The van der Waals surface area contributed by atoms with Gasteiger partial charge in [0.2, 0.25) is 0 Å². The van der Waals surface area contributed by atoms with Gasteiger partial charge in [0.25, 0.3) is 5.91 Å². The minimum Gasteiger partial charge on any atom is -0.507 e. The van der Waals surface area contributed by atoms with Gasteiger partial charge < -0.3 is 26.8 Å². The third-order valence-corrected chi connectivity index (χ3v) is 6.19. The van der Waals surface area contributed by atoms with Gasteiger partial charge in [-0.2, -0.15) is 0 Å². The van der Waals surface area contributed by atoms with E-state index in [9.17, 15) is 20.1 Å². The van der Waals surface area contributed by atoms with Crippen molar-refractivity contribution in [1.82, 2.24) is 0 Å². The lowest BCUT2D eigenvalue weighted by molar-refractivity contribution is -0.0918. The minimum atomic E-state index is -1.18. The Morgan fingerprint density at radius 3 is 2.64 bits per heavy atom. The van der Waals surface area contributed by atoms with Crippen LogP contribution in [0.2, 0.25) is 0 Å². The quantitative estimate of drug-likeness (QED) is 0.506. The number of benzene rings is 1. The highest BCUT2D eigenvalue weighted by Gasteiger charge is 2.58. The fraction of sp³-hybridized carbons (Fsp3) is 0.500. The molecule has 4 atom stereocenters. The Hall–Kier alpha value is -2.15. The van der Waals surface area contributed by atoms with Crippen molar-refractivity contribution in [2.75, 3.05) is 6.54 Å². The molecule has 7 N–H and O–H groups in total. The van der Waals surface area contributed by atoms with Gasteiger partial charge >= 0.3 is 0 Å². The normalized spacial score (nSPS) is 31.3. The molecular formula is C22H32N2O4. The highest BCUT2D eigenvalue weighted by molar-refractivity contribution is 5.96. The zero-order chi connectivity index (χ0) is 21.1. The van der Waals surface area contributed by atoms with Crippen LogP contribution < -0.4 is 11.5 Å². The first kappa shape index (κ1) is 22.1. The van der Waals surface area contributed by atoms with Crippen molar-refractivity contribution in [2.45, 2.75) is 56.7 Å². The zero-order valence-corrected chi connectivity index (χ0v) is 16.7. The van der Waals surface area contributed by atoms with Gasteiger partial charge in [-0.3, -0.25) is 4.79 Å². The van der Waals surface area contributed by atoms with Crippen LogP contribution in [-0.2, 0) is 5.41 Å². The van der Waals surface area contributed by atoms with Gasteiger partial charge in [-0.15, -0.1) is 6.58 Å². The van der Waals surface area contributed by atoms with Crippen molar-refractivity contribution in [3.63, 3.8) is 0 Å². The molecule has 1 aromatic carbocycles. The molecule has 1 fully saturated rings. The Morgan fingerprint density at radius 1 is 1.43 bits per heavy atom. The lowest BCUT2D eigenvalue weighted by Crippen LogP contribution is -2.60. The first-order valence-electron chi connectivity index (χ1n) is 9.68. The molecule has 28 heavy (non-hydrogen) atoms. The SMILES string of the molecule is C=CCN.Cc1ccc(C(N)=O)c(O)c1[C@]12CCC[C@H](C)[C@]1(O)C=CC(O)C2. The van der Waals surface area contributed by atoms with Crippen LogP contribution in [0.25, 0.3) is 0 Å². The molecule has 0 bridgehead atoms. The number of aliphatic hydroxyl groups is 2. The van der Waals surface area contributed by atoms with Crippen molar-refractivity contribution < 1.29 is 20.1 Å². The fourth-order valence-electron chi connectivity index (χ4n) is 4.80. The minimum absolute atomic E-state index is 0.0222. The number of nitrogens with two attached hydrogens (primary N) is 2. The molecule has 0 aliphatic heterocycles. The molecule has 2 aliphatic rings. The lowest BCUT2D eigenvalue weighted by atomic mass is 9.51. The maximum Gasteiger partial charge on any atom is 0.252 e. The van der Waals surface area contributed by atoms with E-state index in [1.807, 2.05) is 13.8 Å². The standard InChI is InChI=1S/C19H25NO4.C3H7N/c1-11-5-6-14(17(20)23)16(22)15(11)18-8-3-4-12(2)19(18,24)9-7-13(21)10-18;1-2-3-4/h5-7,9,12-13,21-22,24H,3-4,8,10H2,1-2H3,(H2,20,23);2H,1,3-4H2/t12-,13?,18+,19+;/m0./s1. The summed E-state index contributed by atoms with van der Waals surface area (Å²) in [5, 5.41) is 32.6. The Balaban J connectivity index is 0.000000640. The van der Waals surface area contributed by atoms with Crippen molar-refractivity contribution in [3.8, 4) is 5.75 Å². The van der Waals surface area contributed by atoms with Gasteiger partial charge in [-0.25, -0.2) is 0 Å². The summed E-state index contributed by atoms with van der Waals surface area (Å²) < 4.78 is 0. The largest absolute Gasteiger partial charge is 0.507 e. The summed E-state index contributed by atoms with van der Waals surface area (Å²) in [5.41, 5.74) is 9.66. The maximum atomic E-state index is 11.7. The fourth-order valence-corrected chi connectivity index (χ4v) is 4.80. The van der Waals surface area contributed by atoms with Crippen LogP contribution in [0.4, 0.5) is 0 Å². The van der Waals surface area contributed by atoms with Crippen molar-refractivity contribution in [1.29, 1.82) is 0 Å². The summed E-state index contributed by atoms with van der Waals surface area (Å²) in [7, 11) is 0. The highest BCUT2D eigenvalue weighted by atomic mass is 16.3. The van der Waals surface area contributed by atoms with Crippen LogP contribution in [-0.4, -0.2) is 39.5 Å². The van der Waals surface area contributed by atoms with Gasteiger partial charge in [-0.1, -0.05) is 37.6 Å². The highest BCUT2D eigenvalue weighted by Crippen LogP contribution is 2.57. The average molecular weight is 389 g/mol. The lowest BCUT2D eigenvalue weighted by Gasteiger charge is -2.56. The van der Waals surface area contributed by atoms with E-state index in [1.165, 1.54) is 6.07 Å². The molecule has 6 nitrogen and oxygen atoms in total. The van der Waals surface area contributed by atoms with E-state index >= 15 is 0 Å². The van der Waals surface area contributed by atoms with Crippen LogP contribution in [0.1, 0.15) is 54.1 Å². The molecule has 6 heteroatoms. The van der Waals surface area contributed by atoms with Gasteiger partial charge in [0, 0.05) is 17.5 Å². The molecular weight excluding hydrogens is 356 g/mol. The Bertz CT molecular complexity index is 776. The van der Waals surface area contributed by atoms with E-state index in [2.05, 4.69) is 6.58 Å². The third-order valence-electron chi connectivity index (χ3n) is 6.19. The molecule has 0 radical (unpaired) electrons. The van der Waals surface area contributed by atoms with Crippen LogP contribution in [0.3, 0.4) is 0 Å². The number of fused-ring (bicyclic) bond motifs is 1. The summed E-state index contributed by atoms with van der Waals surface area (Å²) in [6.07, 6.45) is 6.95. The number of rotatable bonds is 3. The maximum absolute atomic E-state index is 11.7. The van der Waals surface area contributed by atoms with Crippen LogP contribution in [0.5, 0.6) is 5.75 Å². The number of aliphatic hydroxyl groups excluding tert-OH is 1. The second-order valence-electron chi connectivity index (χ2n) is 7.87. The summed E-state index contributed by atoms with van der Waals surface area (Å²) in [4.78, 5) is 11.7. The molecule has 0 aromatic heterocycles. The summed E-state index contributed by atoms with van der Waals surface area (Å²) in [6, 6.07) is 3.25. The molecule has 0 spiro atoms. The molecule has 1 saturated carbocycles. The van der Waals surface area contributed by atoms with Crippen molar-refractivity contribution in [3.05, 3.63) is 53.6 Å². The molecule has 0 saturated heterocycles. The first-order chi connectivity index (χ1) is 13.1. The number of hydrogen-bond donors (Lipinski definition) is 5. The van der Waals surface area contributed by atoms with Crippen LogP contribution >= 0.6 is 0 Å². The molecule has 154 valence electrons. The molecule has 3 rings (SSSR count). The van der Waals surface area contributed by atoms with E-state index in [1.54, 1.807) is 24.3 Å². The summed E-state index contributed by atoms with van der Waals surface area (Å²) in [5.74, 6) is -0.895. The van der Waals surface area contributed by atoms with E-state index < -0.39 is 23.0 Å². The van der Waals surface area contributed by atoms with Gasteiger partial charge in [0.05, 0.1) is 17.3 Å². The second kappa shape index (κ2) is 8.47. The van der Waals surface area contributed by atoms with Crippen molar-refractivity contribution in [2.24, 2.45) is 17.4 Å². The molecule has 1 aromatic rings. The van der Waals surface area contributed by atoms with Crippen molar-refractivity contribution >= 4 is 5.91 Å². The second-order valence-corrected chi connectivity index (χ2v) is 7.87. The Morgan fingerprint density at radius 2 is 2.07 bits per heavy atom. The van der Waals surface area contributed by atoms with Crippen LogP contribution in [0, 0.1) is 12.8 Å². The number of amides is 1. The smallest absolute Gasteiger partial charge is 0.252 e. The molecule has 2 aliphatic carbocycles. The van der Waals surface area contributed by atoms with Gasteiger partial charge in [0.15, 0.2) is 0 Å². The summed E-state index contributed by atoms with van der Waals surface area (Å²) in [6.45, 7) is 7.77. The monoisotopic (exact) mass is 388 g/mol.